The molecule has 0 aliphatic carbocycles. The number of aromatic nitrogens is 1. The van der Waals surface area contributed by atoms with Crippen LogP contribution in [0, 0.1) is 11.8 Å². The molecule has 1 saturated heterocycles. The lowest BCUT2D eigenvalue weighted by molar-refractivity contribution is 0.0930. The van der Waals surface area contributed by atoms with E-state index in [9.17, 15) is 4.79 Å². The van der Waals surface area contributed by atoms with E-state index in [4.69, 9.17) is 5.11 Å². The Morgan fingerprint density at radius 3 is 2.90 bits per heavy atom. The molecule has 1 aromatic rings. The largest absolute Gasteiger partial charge is 0.395 e. The monoisotopic (exact) mass is 290 g/mol. The van der Waals surface area contributed by atoms with Gasteiger partial charge in [0, 0.05) is 24.2 Å². The number of pyridine rings is 1. The van der Waals surface area contributed by atoms with Crippen molar-refractivity contribution in [2.45, 2.75) is 25.3 Å². The number of nitrogens with zero attached hydrogens (tertiary/aromatic N) is 1. The fraction of sp³-hybridized carbons (Fsp3) is 0.467. The zero-order valence-electron chi connectivity index (χ0n) is 11.3. The quantitative estimate of drug-likeness (QED) is 0.827. The number of carbonyl (C=O) groups is 1. The van der Waals surface area contributed by atoms with Gasteiger partial charge in [0.2, 0.25) is 0 Å². The molecular formula is C15H18N2O2S. The first-order chi connectivity index (χ1) is 9.79. The summed E-state index contributed by atoms with van der Waals surface area (Å²) in [6, 6.07) is 3.74. The lowest BCUT2D eigenvalue weighted by atomic mass is 10.1. The van der Waals surface area contributed by atoms with Crippen molar-refractivity contribution in [3.05, 3.63) is 29.6 Å². The number of rotatable bonds is 3. The molecule has 0 unspecified atom stereocenters. The molecule has 1 aliphatic rings. The molecule has 4 nitrogen and oxygen atoms in total. The number of carbonyl (C=O) groups excluding carboxylic acids is 1. The molecule has 0 aromatic carbocycles. The van der Waals surface area contributed by atoms with E-state index in [0.717, 1.165) is 29.9 Å². The SMILES string of the molecule is O=C(NC1CCSCC1)c1ccc(C#CCCO)cn1. The van der Waals surface area contributed by atoms with Crippen LogP contribution in [-0.2, 0) is 0 Å². The number of aliphatic hydroxyl groups is 1. The molecule has 0 saturated carbocycles. The van der Waals surface area contributed by atoms with Gasteiger partial charge in [-0.15, -0.1) is 0 Å². The van der Waals surface area contributed by atoms with Gasteiger partial charge in [0.05, 0.1) is 6.61 Å². The van der Waals surface area contributed by atoms with Crippen LogP contribution in [0.2, 0.25) is 0 Å². The summed E-state index contributed by atoms with van der Waals surface area (Å²) in [7, 11) is 0. The molecule has 1 aliphatic heterocycles. The minimum Gasteiger partial charge on any atom is -0.395 e. The topological polar surface area (TPSA) is 62.2 Å². The predicted molar refractivity (Wildman–Crippen MR) is 80.6 cm³/mol. The second-order valence-electron chi connectivity index (χ2n) is 4.57. The highest BCUT2D eigenvalue weighted by Gasteiger charge is 2.17. The van der Waals surface area contributed by atoms with Crippen LogP contribution >= 0.6 is 11.8 Å². The van der Waals surface area contributed by atoms with Crippen molar-refractivity contribution in [2.24, 2.45) is 0 Å². The van der Waals surface area contributed by atoms with E-state index in [0.29, 0.717) is 12.1 Å². The third-order valence-electron chi connectivity index (χ3n) is 3.02. The lowest BCUT2D eigenvalue weighted by Crippen LogP contribution is -2.37. The van der Waals surface area contributed by atoms with E-state index in [1.165, 1.54) is 0 Å². The highest BCUT2D eigenvalue weighted by Crippen LogP contribution is 2.17. The molecule has 0 radical (unpaired) electrons. The minimum atomic E-state index is -0.114. The molecule has 106 valence electrons. The molecule has 0 atom stereocenters. The summed E-state index contributed by atoms with van der Waals surface area (Å²) < 4.78 is 0. The summed E-state index contributed by atoms with van der Waals surface area (Å²) in [5, 5.41) is 11.7. The summed E-state index contributed by atoms with van der Waals surface area (Å²) in [5.74, 6) is 7.81. The molecule has 2 N–H and O–H groups in total. The molecule has 0 spiro atoms. The molecule has 1 fully saturated rings. The van der Waals surface area contributed by atoms with Crippen molar-refractivity contribution in [3.63, 3.8) is 0 Å². The van der Waals surface area contributed by atoms with Gasteiger partial charge in [-0.1, -0.05) is 11.8 Å². The van der Waals surface area contributed by atoms with Crippen LogP contribution in [0.3, 0.4) is 0 Å². The Balaban J connectivity index is 1.92. The summed E-state index contributed by atoms with van der Waals surface area (Å²) in [6.07, 6.45) is 4.10. The number of hydrogen-bond acceptors (Lipinski definition) is 4. The first-order valence-electron chi connectivity index (χ1n) is 6.74. The van der Waals surface area contributed by atoms with E-state index >= 15 is 0 Å². The molecule has 1 amide bonds. The van der Waals surface area contributed by atoms with Gasteiger partial charge >= 0.3 is 0 Å². The van der Waals surface area contributed by atoms with Gasteiger partial charge in [-0.2, -0.15) is 11.8 Å². The van der Waals surface area contributed by atoms with Gasteiger partial charge in [0.1, 0.15) is 5.69 Å². The number of hydrogen-bond donors (Lipinski definition) is 2. The zero-order valence-corrected chi connectivity index (χ0v) is 12.1. The maximum Gasteiger partial charge on any atom is 0.270 e. The van der Waals surface area contributed by atoms with Crippen molar-refractivity contribution in [3.8, 4) is 11.8 Å². The first kappa shape index (κ1) is 14.9. The van der Waals surface area contributed by atoms with E-state index < -0.39 is 0 Å². The number of thioether (sulfide) groups is 1. The van der Waals surface area contributed by atoms with Gasteiger partial charge in [0.15, 0.2) is 0 Å². The fourth-order valence-corrected chi connectivity index (χ4v) is 3.03. The van der Waals surface area contributed by atoms with Crippen molar-refractivity contribution in [1.82, 2.24) is 10.3 Å². The minimum absolute atomic E-state index is 0.0561. The number of aliphatic hydroxyl groups excluding tert-OH is 1. The van der Waals surface area contributed by atoms with Gasteiger partial charge in [-0.25, -0.2) is 4.98 Å². The Morgan fingerprint density at radius 1 is 1.45 bits per heavy atom. The second kappa shape index (κ2) is 7.93. The second-order valence-corrected chi connectivity index (χ2v) is 5.79. The zero-order chi connectivity index (χ0) is 14.2. The van der Waals surface area contributed by atoms with E-state index in [-0.39, 0.29) is 18.6 Å². The van der Waals surface area contributed by atoms with Crippen LogP contribution in [0.15, 0.2) is 18.3 Å². The van der Waals surface area contributed by atoms with Crippen LogP contribution in [0.25, 0.3) is 0 Å². The van der Waals surface area contributed by atoms with Gasteiger partial charge < -0.3 is 10.4 Å². The highest BCUT2D eigenvalue weighted by atomic mass is 32.2. The number of amides is 1. The molecule has 0 bridgehead atoms. The Hall–Kier alpha value is -1.51. The standard InChI is InChI=1S/C15H18N2O2S/c18-8-2-1-3-12-4-5-14(16-11-12)15(19)17-13-6-9-20-10-7-13/h4-5,11,13,18H,2,6-10H2,(H,17,19). The Morgan fingerprint density at radius 2 is 2.25 bits per heavy atom. The van der Waals surface area contributed by atoms with Gasteiger partial charge in [-0.05, 0) is 36.5 Å². The Kier molecular flexibility index (Phi) is 5.90. The summed E-state index contributed by atoms with van der Waals surface area (Å²) in [6.45, 7) is 0.0561. The van der Waals surface area contributed by atoms with Crippen LogP contribution in [0.4, 0.5) is 0 Å². The first-order valence-corrected chi connectivity index (χ1v) is 7.89. The maximum atomic E-state index is 12.0. The Labute approximate surface area is 123 Å². The van der Waals surface area contributed by atoms with Crippen molar-refractivity contribution >= 4 is 17.7 Å². The molecule has 20 heavy (non-hydrogen) atoms. The normalized spacial score (nSPS) is 15.2. The smallest absolute Gasteiger partial charge is 0.270 e. The average Bonchev–Trinajstić information content (AvgIpc) is 2.49. The van der Waals surface area contributed by atoms with Crippen molar-refractivity contribution < 1.29 is 9.90 Å². The van der Waals surface area contributed by atoms with E-state index in [2.05, 4.69) is 22.1 Å². The molecular weight excluding hydrogens is 272 g/mol. The fourth-order valence-electron chi connectivity index (χ4n) is 1.92. The molecule has 2 rings (SSSR count). The maximum absolute atomic E-state index is 12.0. The van der Waals surface area contributed by atoms with E-state index in [1.807, 2.05) is 11.8 Å². The third-order valence-corrected chi connectivity index (χ3v) is 4.07. The Bertz CT molecular complexity index is 499. The van der Waals surface area contributed by atoms with Crippen LogP contribution in [0.5, 0.6) is 0 Å². The molecule has 1 aromatic heterocycles. The summed E-state index contributed by atoms with van der Waals surface area (Å²) in [5.41, 5.74) is 1.18. The van der Waals surface area contributed by atoms with Crippen LogP contribution in [-0.4, -0.2) is 40.2 Å². The third kappa shape index (κ3) is 4.55. The highest BCUT2D eigenvalue weighted by molar-refractivity contribution is 7.99. The van der Waals surface area contributed by atoms with Crippen molar-refractivity contribution in [2.75, 3.05) is 18.1 Å². The van der Waals surface area contributed by atoms with Crippen LogP contribution < -0.4 is 5.32 Å². The van der Waals surface area contributed by atoms with Crippen LogP contribution in [0.1, 0.15) is 35.3 Å². The molecule has 5 heteroatoms. The number of nitrogens with one attached hydrogen (secondary N) is 1. The lowest BCUT2D eigenvalue weighted by Gasteiger charge is -2.22. The van der Waals surface area contributed by atoms with Gasteiger partial charge in [0.25, 0.3) is 5.91 Å². The van der Waals surface area contributed by atoms with Gasteiger partial charge in [-0.3, -0.25) is 4.79 Å². The summed E-state index contributed by atoms with van der Waals surface area (Å²) in [4.78, 5) is 16.2. The van der Waals surface area contributed by atoms with E-state index in [1.54, 1.807) is 18.3 Å². The molecule has 2 heterocycles. The predicted octanol–water partition coefficient (Wildman–Crippen LogP) is 1.44. The summed E-state index contributed by atoms with van der Waals surface area (Å²) >= 11 is 1.93. The van der Waals surface area contributed by atoms with Crippen molar-refractivity contribution in [1.29, 1.82) is 0 Å². The average molecular weight is 290 g/mol.